The molecule has 0 bridgehead atoms. The molecule has 0 amide bonds. The predicted molar refractivity (Wildman–Crippen MR) is 43.1 cm³/mol. The summed E-state index contributed by atoms with van der Waals surface area (Å²) < 4.78 is 4.99. The van der Waals surface area contributed by atoms with Gasteiger partial charge in [-0.05, 0) is 6.42 Å². The van der Waals surface area contributed by atoms with Gasteiger partial charge in [0.2, 0.25) is 0 Å². The lowest BCUT2D eigenvalue weighted by atomic mass is 10.3. The highest BCUT2D eigenvalue weighted by atomic mass is 16.5. The molecule has 0 saturated carbocycles. The molecular formula is C8H16O3. The van der Waals surface area contributed by atoms with E-state index < -0.39 is 6.10 Å². The van der Waals surface area contributed by atoms with E-state index in [2.05, 4.69) is 0 Å². The van der Waals surface area contributed by atoms with Gasteiger partial charge in [-0.15, -0.1) is 0 Å². The Morgan fingerprint density at radius 2 is 2.27 bits per heavy atom. The zero-order valence-corrected chi connectivity index (χ0v) is 6.86. The smallest absolute Gasteiger partial charge is 0.0898 e. The zero-order valence-electron chi connectivity index (χ0n) is 6.86. The molecule has 3 heteroatoms. The molecule has 0 aromatic carbocycles. The molecule has 0 fully saturated rings. The van der Waals surface area contributed by atoms with Crippen LogP contribution in [0.5, 0.6) is 0 Å². The van der Waals surface area contributed by atoms with Gasteiger partial charge in [-0.25, -0.2) is 0 Å². The van der Waals surface area contributed by atoms with Crippen LogP contribution in [0.4, 0.5) is 0 Å². The number of hydrogen-bond donors (Lipinski definition) is 2. The minimum atomic E-state index is -0.648. The fraction of sp³-hybridized carbons (Fsp3) is 0.750. The number of aliphatic hydroxyl groups is 2. The first-order valence-corrected chi connectivity index (χ1v) is 3.86. The maximum absolute atomic E-state index is 8.86. The minimum Gasteiger partial charge on any atom is -0.501 e. The van der Waals surface area contributed by atoms with E-state index in [1.807, 2.05) is 13.0 Å². The van der Waals surface area contributed by atoms with Gasteiger partial charge in [0.1, 0.15) is 0 Å². The van der Waals surface area contributed by atoms with Crippen LogP contribution < -0.4 is 0 Å². The fourth-order valence-electron chi connectivity index (χ4n) is 0.528. The summed E-state index contributed by atoms with van der Waals surface area (Å²) in [7, 11) is 0. The van der Waals surface area contributed by atoms with Crippen LogP contribution in [0.3, 0.4) is 0 Å². The van der Waals surface area contributed by atoms with E-state index in [9.17, 15) is 0 Å². The van der Waals surface area contributed by atoms with E-state index >= 15 is 0 Å². The van der Waals surface area contributed by atoms with Crippen molar-refractivity contribution in [3.05, 3.63) is 12.3 Å². The summed E-state index contributed by atoms with van der Waals surface area (Å²) in [5.74, 6) is 0. The molecule has 0 aromatic rings. The van der Waals surface area contributed by atoms with Crippen molar-refractivity contribution in [3.63, 3.8) is 0 Å². The second kappa shape index (κ2) is 7.57. The molecule has 66 valence electrons. The third-order valence-electron chi connectivity index (χ3n) is 1.21. The summed E-state index contributed by atoms with van der Waals surface area (Å²) in [6.07, 6.45) is 4.28. The topological polar surface area (TPSA) is 49.7 Å². The third-order valence-corrected chi connectivity index (χ3v) is 1.21. The lowest BCUT2D eigenvalue weighted by molar-refractivity contribution is 0.0688. The molecule has 0 aromatic heterocycles. The van der Waals surface area contributed by atoms with Crippen LogP contribution in [0.15, 0.2) is 12.3 Å². The number of ether oxygens (including phenoxy) is 1. The molecular weight excluding hydrogens is 144 g/mol. The lowest BCUT2D eigenvalue weighted by Gasteiger charge is -2.05. The third kappa shape index (κ3) is 7.36. The van der Waals surface area contributed by atoms with Crippen molar-refractivity contribution in [3.8, 4) is 0 Å². The number of aliphatic hydroxyl groups excluding tert-OH is 2. The summed E-state index contributed by atoms with van der Waals surface area (Å²) >= 11 is 0. The average molecular weight is 160 g/mol. The van der Waals surface area contributed by atoms with Gasteiger partial charge in [0.05, 0.1) is 25.6 Å². The Hall–Kier alpha value is -0.540. The van der Waals surface area contributed by atoms with E-state index in [1.54, 1.807) is 6.26 Å². The molecule has 0 heterocycles. The standard InChI is InChI=1S/C8H16O3/c1-2-3-5-11-6-4-8(10)7-9/h3,5,8-10H,2,4,6-7H2,1H3. The molecule has 2 N–H and O–H groups in total. The summed E-state index contributed by atoms with van der Waals surface area (Å²) in [4.78, 5) is 0. The van der Waals surface area contributed by atoms with Gasteiger partial charge in [-0.3, -0.25) is 0 Å². The predicted octanol–water partition coefficient (Wildman–Crippen LogP) is 0.670. The molecule has 0 aliphatic heterocycles. The monoisotopic (exact) mass is 160 g/mol. The van der Waals surface area contributed by atoms with Gasteiger partial charge in [-0.2, -0.15) is 0 Å². The van der Waals surface area contributed by atoms with Crippen LogP contribution in [0.25, 0.3) is 0 Å². The van der Waals surface area contributed by atoms with Crippen LogP contribution in [-0.2, 0) is 4.74 Å². The first kappa shape index (κ1) is 10.5. The highest BCUT2D eigenvalue weighted by molar-refractivity contribution is 4.70. The van der Waals surface area contributed by atoms with Gasteiger partial charge >= 0.3 is 0 Å². The van der Waals surface area contributed by atoms with Crippen molar-refractivity contribution in [2.75, 3.05) is 13.2 Å². The highest BCUT2D eigenvalue weighted by Gasteiger charge is 1.99. The maximum Gasteiger partial charge on any atom is 0.0898 e. The van der Waals surface area contributed by atoms with E-state index in [4.69, 9.17) is 14.9 Å². The Balaban J connectivity index is 3.07. The first-order chi connectivity index (χ1) is 5.31. The highest BCUT2D eigenvalue weighted by Crippen LogP contribution is 1.91. The molecule has 0 aliphatic rings. The molecule has 0 radical (unpaired) electrons. The molecule has 0 saturated heterocycles. The Bertz CT molecular complexity index is 102. The summed E-state index contributed by atoms with van der Waals surface area (Å²) in [5, 5.41) is 17.3. The fourth-order valence-corrected chi connectivity index (χ4v) is 0.528. The van der Waals surface area contributed by atoms with Crippen LogP contribution in [-0.4, -0.2) is 29.5 Å². The van der Waals surface area contributed by atoms with E-state index in [0.717, 1.165) is 6.42 Å². The molecule has 1 unspecified atom stereocenters. The second-order valence-electron chi connectivity index (χ2n) is 2.28. The normalized spacial score (nSPS) is 13.7. The lowest BCUT2D eigenvalue weighted by Crippen LogP contribution is -2.13. The Morgan fingerprint density at radius 1 is 1.55 bits per heavy atom. The number of hydrogen-bond acceptors (Lipinski definition) is 3. The van der Waals surface area contributed by atoms with Crippen LogP contribution >= 0.6 is 0 Å². The minimum absolute atomic E-state index is 0.194. The largest absolute Gasteiger partial charge is 0.501 e. The molecule has 0 rings (SSSR count). The number of rotatable bonds is 6. The van der Waals surface area contributed by atoms with Crippen molar-refractivity contribution in [2.24, 2.45) is 0 Å². The molecule has 0 spiro atoms. The van der Waals surface area contributed by atoms with E-state index in [1.165, 1.54) is 0 Å². The van der Waals surface area contributed by atoms with Crippen LogP contribution in [0.2, 0.25) is 0 Å². The van der Waals surface area contributed by atoms with Crippen molar-refractivity contribution >= 4 is 0 Å². The maximum atomic E-state index is 8.86. The summed E-state index contributed by atoms with van der Waals surface area (Å²) in [5.41, 5.74) is 0. The van der Waals surface area contributed by atoms with Crippen molar-refractivity contribution in [2.45, 2.75) is 25.9 Å². The van der Waals surface area contributed by atoms with Crippen LogP contribution in [0, 0.1) is 0 Å². The van der Waals surface area contributed by atoms with Crippen molar-refractivity contribution < 1.29 is 14.9 Å². The van der Waals surface area contributed by atoms with Gasteiger partial charge in [0.15, 0.2) is 0 Å². The SMILES string of the molecule is CCC=COCCC(O)CO. The van der Waals surface area contributed by atoms with Gasteiger partial charge in [0, 0.05) is 6.42 Å². The first-order valence-electron chi connectivity index (χ1n) is 3.86. The Morgan fingerprint density at radius 3 is 2.82 bits per heavy atom. The van der Waals surface area contributed by atoms with Gasteiger partial charge < -0.3 is 14.9 Å². The molecule has 11 heavy (non-hydrogen) atoms. The molecule has 0 aliphatic carbocycles. The summed E-state index contributed by atoms with van der Waals surface area (Å²) in [6.45, 7) is 2.28. The van der Waals surface area contributed by atoms with Crippen molar-refractivity contribution in [1.29, 1.82) is 0 Å². The van der Waals surface area contributed by atoms with Gasteiger partial charge in [-0.1, -0.05) is 13.0 Å². The number of allylic oxidation sites excluding steroid dienone is 1. The average Bonchev–Trinajstić information content (AvgIpc) is 2.04. The zero-order chi connectivity index (χ0) is 8.53. The molecule has 3 nitrogen and oxygen atoms in total. The Labute approximate surface area is 67.3 Å². The van der Waals surface area contributed by atoms with E-state index in [0.29, 0.717) is 13.0 Å². The van der Waals surface area contributed by atoms with E-state index in [-0.39, 0.29) is 6.61 Å². The van der Waals surface area contributed by atoms with Crippen LogP contribution in [0.1, 0.15) is 19.8 Å². The summed E-state index contributed by atoms with van der Waals surface area (Å²) in [6, 6.07) is 0. The van der Waals surface area contributed by atoms with Gasteiger partial charge in [0.25, 0.3) is 0 Å². The molecule has 1 atom stereocenters. The second-order valence-corrected chi connectivity index (χ2v) is 2.28. The quantitative estimate of drug-likeness (QED) is 0.443. The Kier molecular flexibility index (Phi) is 7.19. The van der Waals surface area contributed by atoms with Crippen molar-refractivity contribution in [1.82, 2.24) is 0 Å².